The molecule has 2 aromatic heterocycles. The van der Waals surface area contributed by atoms with Crippen LogP contribution in [-0.2, 0) is 6.61 Å². The van der Waals surface area contributed by atoms with E-state index in [1.54, 1.807) is 54.9 Å². The third kappa shape index (κ3) is 4.15. The first-order valence-electron chi connectivity index (χ1n) is 9.18. The first-order chi connectivity index (χ1) is 14.6. The lowest BCUT2D eigenvalue weighted by Crippen LogP contribution is -2.20. The van der Waals surface area contributed by atoms with Gasteiger partial charge in [-0.25, -0.2) is 4.79 Å². The van der Waals surface area contributed by atoms with Crippen molar-refractivity contribution in [1.29, 1.82) is 0 Å². The number of pyridine rings is 1. The maximum absolute atomic E-state index is 12.7. The van der Waals surface area contributed by atoms with Crippen LogP contribution < -0.4 is 20.4 Å². The maximum Gasteiger partial charge on any atom is 0.349 e. The lowest BCUT2D eigenvalue weighted by molar-refractivity contribution is 0.102. The zero-order valence-corrected chi connectivity index (χ0v) is 16.1. The Bertz CT molecular complexity index is 1250. The summed E-state index contributed by atoms with van der Waals surface area (Å²) in [5.41, 5.74) is 0.988. The van der Waals surface area contributed by atoms with Gasteiger partial charge < -0.3 is 19.2 Å². The molecule has 4 aromatic rings. The number of amides is 1. The van der Waals surface area contributed by atoms with Crippen LogP contribution in [0.5, 0.6) is 11.5 Å². The molecule has 150 valence electrons. The van der Waals surface area contributed by atoms with E-state index < -0.39 is 11.5 Å². The van der Waals surface area contributed by atoms with E-state index in [9.17, 15) is 9.59 Å². The number of carbonyl (C=O) groups excluding carboxylic acids is 1. The van der Waals surface area contributed by atoms with E-state index in [0.717, 1.165) is 5.56 Å². The van der Waals surface area contributed by atoms with Gasteiger partial charge in [-0.1, -0.05) is 24.3 Å². The minimum Gasteiger partial charge on any atom is -0.493 e. The summed E-state index contributed by atoms with van der Waals surface area (Å²) >= 11 is 0. The van der Waals surface area contributed by atoms with Crippen molar-refractivity contribution in [2.75, 3.05) is 12.4 Å². The molecule has 0 aliphatic rings. The number of nitrogens with one attached hydrogen (secondary N) is 1. The molecule has 7 heteroatoms. The van der Waals surface area contributed by atoms with Gasteiger partial charge in [-0.15, -0.1) is 0 Å². The van der Waals surface area contributed by atoms with Gasteiger partial charge in [-0.2, -0.15) is 0 Å². The second-order valence-corrected chi connectivity index (χ2v) is 6.46. The van der Waals surface area contributed by atoms with Gasteiger partial charge in [0, 0.05) is 35.1 Å². The summed E-state index contributed by atoms with van der Waals surface area (Å²) in [5, 5.41) is 3.37. The first kappa shape index (κ1) is 19.2. The Morgan fingerprint density at radius 1 is 1.07 bits per heavy atom. The number of aromatic nitrogens is 1. The molecule has 2 aromatic carbocycles. The maximum atomic E-state index is 12.7. The molecule has 2 heterocycles. The second kappa shape index (κ2) is 8.48. The first-order valence-corrected chi connectivity index (χ1v) is 9.18. The molecule has 0 atom stereocenters. The number of ether oxygens (including phenoxy) is 2. The number of hydrogen-bond donors (Lipinski definition) is 1. The molecule has 1 N–H and O–H groups in total. The van der Waals surface area contributed by atoms with Crippen LogP contribution in [0.2, 0.25) is 0 Å². The van der Waals surface area contributed by atoms with Crippen LogP contribution in [-0.4, -0.2) is 18.0 Å². The van der Waals surface area contributed by atoms with Crippen molar-refractivity contribution >= 4 is 22.6 Å². The molecular formula is C23H18N2O5. The molecule has 7 nitrogen and oxygen atoms in total. The van der Waals surface area contributed by atoms with E-state index >= 15 is 0 Å². The summed E-state index contributed by atoms with van der Waals surface area (Å²) < 4.78 is 16.4. The highest BCUT2D eigenvalue weighted by Crippen LogP contribution is 2.31. The molecule has 0 saturated carbocycles. The molecule has 0 unspecified atom stereocenters. The second-order valence-electron chi connectivity index (χ2n) is 6.46. The summed E-state index contributed by atoms with van der Waals surface area (Å²) in [6.45, 7) is 0.288. The van der Waals surface area contributed by atoms with E-state index in [2.05, 4.69) is 10.3 Å². The van der Waals surface area contributed by atoms with Gasteiger partial charge >= 0.3 is 5.63 Å². The van der Waals surface area contributed by atoms with Gasteiger partial charge in [0.15, 0.2) is 11.5 Å². The van der Waals surface area contributed by atoms with E-state index in [0.29, 0.717) is 28.2 Å². The fourth-order valence-corrected chi connectivity index (χ4v) is 2.93. The quantitative estimate of drug-likeness (QED) is 0.490. The number of nitrogens with zero attached hydrogens (tertiary/aromatic N) is 1. The third-order valence-electron chi connectivity index (χ3n) is 4.42. The Hall–Kier alpha value is -4.13. The lowest BCUT2D eigenvalue weighted by Gasteiger charge is -2.13. The fraction of sp³-hybridized carbons (Fsp3) is 0.0870. The van der Waals surface area contributed by atoms with E-state index in [1.165, 1.54) is 13.2 Å². The highest BCUT2D eigenvalue weighted by Gasteiger charge is 2.15. The number of fused-ring (bicyclic) bond motifs is 1. The molecule has 0 bridgehead atoms. The normalized spacial score (nSPS) is 10.6. The molecule has 30 heavy (non-hydrogen) atoms. The Balaban J connectivity index is 1.56. The molecule has 0 fully saturated rings. The molecule has 4 rings (SSSR count). The van der Waals surface area contributed by atoms with Crippen LogP contribution in [0.3, 0.4) is 0 Å². The average molecular weight is 402 g/mol. The van der Waals surface area contributed by atoms with Gasteiger partial charge in [-0.3, -0.25) is 9.78 Å². The number of para-hydroxylation sites is 1. The Kier molecular flexibility index (Phi) is 5.43. The molecule has 0 radical (unpaired) electrons. The number of rotatable bonds is 6. The Morgan fingerprint density at radius 2 is 1.93 bits per heavy atom. The SMILES string of the molecule is COc1ccc(NC(=O)c2cc3ccccc3oc2=O)cc1OCc1cccnc1. The minimum atomic E-state index is -0.701. The Labute approximate surface area is 171 Å². The molecule has 0 spiro atoms. The van der Waals surface area contributed by atoms with Gasteiger partial charge in [0.25, 0.3) is 5.91 Å². The Morgan fingerprint density at radius 3 is 2.73 bits per heavy atom. The number of anilines is 1. The van der Waals surface area contributed by atoms with Crippen molar-refractivity contribution < 1.29 is 18.7 Å². The van der Waals surface area contributed by atoms with E-state index in [-0.39, 0.29) is 12.2 Å². The minimum absolute atomic E-state index is 0.0812. The van der Waals surface area contributed by atoms with Gasteiger partial charge in [-0.05, 0) is 30.3 Å². The summed E-state index contributed by atoms with van der Waals surface area (Å²) in [4.78, 5) is 28.9. The molecular weight excluding hydrogens is 384 g/mol. The molecule has 0 saturated heterocycles. The molecule has 0 aliphatic carbocycles. The van der Waals surface area contributed by atoms with E-state index in [1.807, 2.05) is 12.1 Å². The molecule has 0 aliphatic heterocycles. The van der Waals surface area contributed by atoms with Crippen LogP contribution in [0.1, 0.15) is 15.9 Å². The standard InChI is InChI=1S/C23H18N2O5/c1-28-20-9-8-17(12-21(20)29-14-15-5-4-10-24-13-15)25-22(26)18-11-16-6-2-3-7-19(16)30-23(18)27/h2-13H,14H2,1H3,(H,25,26). The van der Waals surface area contributed by atoms with Crippen molar-refractivity contribution in [2.45, 2.75) is 6.61 Å². The van der Waals surface area contributed by atoms with Crippen molar-refractivity contribution in [2.24, 2.45) is 0 Å². The summed E-state index contributed by atoms with van der Waals surface area (Å²) in [6.07, 6.45) is 3.39. The predicted molar refractivity (Wildman–Crippen MR) is 112 cm³/mol. The van der Waals surface area contributed by atoms with Crippen LogP contribution in [0, 0.1) is 0 Å². The molecule has 1 amide bonds. The van der Waals surface area contributed by atoms with Gasteiger partial charge in [0.2, 0.25) is 0 Å². The average Bonchev–Trinajstić information content (AvgIpc) is 2.78. The van der Waals surface area contributed by atoms with Crippen LogP contribution in [0.25, 0.3) is 11.0 Å². The summed E-state index contributed by atoms with van der Waals surface area (Å²) in [7, 11) is 1.53. The fourth-order valence-electron chi connectivity index (χ4n) is 2.93. The van der Waals surface area contributed by atoms with E-state index in [4.69, 9.17) is 13.9 Å². The third-order valence-corrected chi connectivity index (χ3v) is 4.42. The summed E-state index contributed by atoms with van der Waals surface area (Å²) in [5.74, 6) is 0.393. The topological polar surface area (TPSA) is 90.7 Å². The predicted octanol–water partition coefficient (Wildman–Crippen LogP) is 4.03. The van der Waals surface area contributed by atoms with Crippen molar-refractivity contribution in [3.05, 3.63) is 94.6 Å². The summed E-state index contributed by atoms with van der Waals surface area (Å²) in [6, 6.07) is 17.2. The van der Waals surface area contributed by atoms with Gasteiger partial charge in [0.1, 0.15) is 17.8 Å². The number of benzene rings is 2. The highest BCUT2D eigenvalue weighted by atomic mass is 16.5. The van der Waals surface area contributed by atoms with Crippen LogP contribution in [0.4, 0.5) is 5.69 Å². The largest absolute Gasteiger partial charge is 0.493 e. The van der Waals surface area contributed by atoms with Crippen LogP contribution in [0.15, 0.2) is 82.3 Å². The zero-order chi connectivity index (χ0) is 20.9. The van der Waals surface area contributed by atoms with Crippen molar-refractivity contribution in [3.8, 4) is 11.5 Å². The van der Waals surface area contributed by atoms with Crippen LogP contribution >= 0.6 is 0 Å². The monoisotopic (exact) mass is 402 g/mol. The van der Waals surface area contributed by atoms with Crippen molar-refractivity contribution in [1.82, 2.24) is 4.98 Å². The number of carbonyl (C=O) groups is 1. The smallest absolute Gasteiger partial charge is 0.349 e. The zero-order valence-electron chi connectivity index (χ0n) is 16.1. The number of methoxy groups -OCH3 is 1. The van der Waals surface area contributed by atoms with Crippen molar-refractivity contribution in [3.63, 3.8) is 0 Å². The van der Waals surface area contributed by atoms with Gasteiger partial charge in [0.05, 0.1) is 7.11 Å². The lowest BCUT2D eigenvalue weighted by atomic mass is 10.1. The number of hydrogen-bond acceptors (Lipinski definition) is 6. The highest BCUT2D eigenvalue weighted by molar-refractivity contribution is 6.05.